The molecule has 1 aliphatic carbocycles. The lowest BCUT2D eigenvalue weighted by Gasteiger charge is -2.47. The number of hydrazine groups is 1. The van der Waals surface area contributed by atoms with Crippen molar-refractivity contribution < 1.29 is 23.5 Å². The molecule has 0 bridgehead atoms. The minimum absolute atomic E-state index is 0.133. The first-order valence-corrected chi connectivity index (χ1v) is 10.7. The average molecular weight is 453 g/mol. The Labute approximate surface area is 191 Å². The number of carbonyl (C=O) groups excluding carboxylic acids is 2. The summed E-state index contributed by atoms with van der Waals surface area (Å²) >= 11 is 0. The number of aliphatic hydroxyl groups excluding tert-OH is 1. The molecule has 2 aromatic carbocycles. The van der Waals surface area contributed by atoms with Gasteiger partial charge in [0, 0.05) is 7.05 Å². The molecule has 4 rings (SSSR count). The number of fused-ring (bicyclic) bond motifs is 2. The predicted octanol–water partition coefficient (Wildman–Crippen LogP) is 3.61. The molecule has 0 unspecified atom stereocenters. The Morgan fingerprint density at radius 3 is 2.18 bits per heavy atom. The molecule has 2 aromatic rings. The summed E-state index contributed by atoms with van der Waals surface area (Å²) in [6, 6.07) is 15.4. The number of ketones is 1. The highest BCUT2D eigenvalue weighted by Crippen LogP contribution is 2.39. The van der Waals surface area contributed by atoms with Gasteiger partial charge in [-0.2, -0.15) is 5.01 Å². The Morgan fingerprint density at radius 2 is 1.67 bits per heavy atom. The first kappa shape index (κ1) is 22.7. The largest absolute Gasteiger partial charge is 0.503 e. The Bertz CT molecular complexity index is 1080. The number of aliphatic hydroxyl groups is 1. The summed E-state index contributed by atoms with van der Waals surface area (Å²) in [6.07, 6.45) is -0.268. The summed E-state index contributed by atoms with van der Waals surface area (Å²) in [6.45, 7) is 2.40. The number of rotatable bonds is 5. The normalized spacial score (nSPS) is 18.6. The number of nitrogens with zero attached hydrogens (tertiary/aromatic N) is 3. The van der Waals surface area contributed by atoms with Gasteiger partial charge in [-0.15, -0.1) is 0 Å². The van der Waals surface area contributed by atoms with Crippen LogP contribution in [0.15, 0.2) is 72.6 Å². The van der Waals surface area contributed by atoms with Crippen LogP contribution in [0.3, 0.4) is 0 Å². The SMILES string of the molecule is C=CC(=O)/C(O)=C1/C(=O)N(CC(F)F)CN(C2c3ccccc3CCc3ccccc32)N1C. The van der Waals surface area contributed by atoms with E-state index in [9.17, 15) is 23.5 Å². The fourth-order valence-corrected chi connectivity index (χ4v) is 4.60. The third kappa shape index (κ3) is 4.14. The van der Waals surface area contributed by atoms with E-state index in [1.165, 1.54) is 5.01 Å². The van der Waals surface area contributed by atoms with E-state index >= 15 is 0 Å². The van der Waals surface area contributed by atoms with Gasteiger partial charge in [-0.3, -0.25) is 14.6 Å². The minimum atomic E-state index is -2.77. The van der Waals surface area contributed by atoms with E-state index in [1.54, 1.807) is 12.1 Å². The van der Waals surface area contributed by atoms with Crippen LogP contribution >= 0.6 is 0 Å². The van der Waals surface area contributed by atoms with E-state index in [2.05, 4.69) is 6.58 Å². The van der Waals surface area contributed by atoms with Gasteiger partial charge in [0.15, 0.2) is 11.5 Å². The van der Waals surface area contributed by atoms with Crippen LogP contribution in [0.25, 0.3) is 0 Å². The van der Waals surface area contributed by atoms with E-state index in [0.717, 1.165) is 46.1 Å². The monoisotopic (exact) mass is 453 g/mol. The number of hydrogen-bond acceptors (Lipinski definition) is 5. The molecule has 1 heterocycles. The van der Waals surface area contributed by atoms with Gasteiger partial charge in [0.1, 0.15) is 0 Å². The molecule has 0 spiro atoms. The second kappa shape index (κ2) is 9.15. The number of allylic oxidation sites excluding steroid dienone is 1. The van der Waals surface area contributed by atoms with E-state index < -0.39 is 36.5 Å². The van der Waals surface area contributed by atoms with Crippen molar-refractivity contribution in [1.82, 2.24) is 14.9 Å². The fourth-order valence-electron chi connectivity index (χ4n) is 4.60. The minimum Gasteiger partial charge on any atom is -0.503 e. The number of amides is 1. The number of aryl methyl sites for hydroxylation is 2. The van der Waals surface area contributed by atoms with Crippen LogP contribution in [0.1, 0.15) is 28.3 Å². The van der Waals surface area contributed by atoms with Crippen molar-refractivity contribution in [3.05, 3.63) is 94.9 Å². The molecule has 33 heavy (non-hydrogen) atoms. The van der Waals surface area contributed by atoms with Gasteiger partial charge in [0.25, 0.3) is 12.3 Å². The first-order valence-electron chi connectivity index (χ1n) is 10.7. The van der Waals surface area contributed by atoms with Crippen LogP contribution < -0.4 is 0 Å². The van der Waals surface area contributed by atoms with Crippen LogP contribution in [0.5, 0.6) is 0 Å². The standard InChI is InChI=1S/C25H25F2N3O3/c1-3-20(31)24(32)23-25(33)29(14-21(26)27)15-30(28(23)2)22-18-10-6-4-8-16(18)12-13-17-9-5-7-11-19(17)22/h3-11,21-22,32H,1,12-15H2,2H3/b24-23+. The maximum absolute atomic E-state index is 13.4. The molecule has 1 saturated heterocycles. The highest BCUT2D eigenvalue weighted by molar-refractivity contribution is 6.08. The molecule has 172 valence electrons. The van der Waals surface area contributed by atoms with E-state index in [-0.39, 0.29) is 12.4 Å². The molecule has 1 amide bonds. The summed E-state index contributed by atoms with van der Waals surface area (Å²) < 4.78 is 26.7. The van der Waals surface area contributed by atoms with Gasteiger partial charge in [0.2, 0.25) is 5.78 Å². The van der Waals surface area contributed by atoms with Crippen molar-refractivity contribution in [2.24, 2.45) is 0 Å². The molecule has 0 aromatic heterocycles. The number of hydrogen-bond donors (Lipinski definition) is 1. The van der Waals surface area contributed by atoms with E-state index in [1.807, 2.05) is 48.5 Å². The highest BCUT2D eigenvalue weighted by Gasteiger charge is 2.42. The van der Waals surface area contributed by atoms with Crippen LogP contribution in [0.2, 0.25) is 0 Å². The molecule has 0 radical (unpaired) electrons. The van der Waals surface area contributed by atoms with Crippen molar-refractivity contribution in [2.45, 2.75) is 25.3 Å². The Balaban J connectivity index is 1.91. The third-order valence-electron chi connectivity index (χ3n) is 6.18. The zero-order valence-electron chi connectivity index (χ0n) is 18.2. The van der Waals surface area contributed by atoms with E-state index in [0.29, 0.717) is 0 Å². The summed E-state index contributed by atoms with van der Waals surface area (Å²) in [7, 11) is 1.55. The number of benzene rings is 2. The first-order chi connectivity index (χ1) is 15.8. The van der Waals surface area contributed by atoms with Gasteiger partial charge < -0.3 is 10.0 Å². The molecule has 0 atom stereocenters. The fraction of sp³-hybridized carbons (Fsp3) is 0.280. The predicted molar refractivity (Wildman–Crippen MR) is 119 cm³/mol. The topological polar surface area (TPSA) is 64.1 Å². The lowest BCUT2D eigenvalue weighted by Crippen LogP contribution is -2.59. The van der Waals surface area contributed by atoms with Crippen LogP contribution in [0.4, 0.5) is 8.78 Å². The molecular formula is C25H25F2N3O3. The van der Waals surface area contributed by atoms with Crippen molar-refractivity contribution in [3.8, 4) is 0 Å². The van der Waals surface area contributed by atoms with Gasteiger partial charge in [-0.05, 0) is 41.2 Å². The molecule has 1 N–H and O–H groups in total. The van der Waals surface area contributed by atoms with Gasteiger partial charge in [0.05, 0.1) is 19.3 Å². The lowest BCUT2D eigenvalue weighted by atomic mass is 9.94. The summed E-state index contributed by atoms with van der Waals surface area (Å²) in [5.74, 6) is -2.51. The second-order valence-electron chi connectivity index (χ2n) is 8.09. The van der Waals surface area contributed by atoms with Crippen molar-refractivity contribution in [1.29, 1.82) is 0 Å². The van der Waals surface area contributed by atoms with Gasteiger partial charge in [-0.1, -0.05) is 55.1 Å². The van der Waals surface area contributed by atoms with Crippen LogP contribution in [0, 0.1) is 0 Å². The number of alkyl halides is 2. The average Bonchev–Trinajstić information content (AvgIpc) is 2.97. The zero-order valence-corrected chi connectivity index (χ0v) is 18.2. The Hall–Kier alpha value is -3.52. The van der Waals surface area contributed by atoms with Crippen molar-refractivity contribution >= 4 is 11.7 Å². The summed E-state index contributed by atoms with van der Waals surface area (Å²) in [5, 5.41) is 13.7. The maximum Gasteiger partial charge on any atom is 0.276 e. The van der Waals surface area contributed by atoms with Gasteiger partial charge >= 0.3 is 0 Å². The molecular weight excluding hydrogens is 428 g/mol. The smallest absolute Gasteiger partial charge is 0.276 e. The number of likely N-dealkylation sites (N-methyl/N-ethyl adjacent to an activating group) is 1. The van der Waals surface area contributed by atoms with Crippen LogP contribution in [-0.2, 0) is 22.4 Å². The quantitative estimate of drug-likeness (QED) is 0.554. The summed E-state index contributed by atoms with van der Waals surface area (Å²) in [5.41, 5.74) is 3.83. The Kier molecular flexibility index (Phi) is 6.29. The summed E-state index contributed by atoms with van der Waals surface area (Å²) in [4.78, 5) is 26.2. The van der Waals surface area contributed by atoms with Crippen molar-refractivity contribution in [2.75, 3.05) is 20.3 Å². The molecule has 1 fully saturated rings. The maximum atomic E-state index is 13.4. The molecule has 6 nitrogen and oxygen atoms in total. The zero-order chi connectivity index (χ0) is 23.7. The number of halogens is 2. The highest BCUT2D eigenvalue weighted by atomic mass is 19.3. The van der Waals surface area contributed by atoms with Crippen molar-refractivity contribution in [3.63, 3.8) is 0 Å². The van der Waals surface area contributed by atoms with Gasteiger partial charge in [-0.25, -0.2) is 8.78 Å². The Morgan fingerprint density at radius 1 is 1.12 bits per heavy atom. The van der Waals surface area contributed by atoms with Crippen LogP contribution in [-0.4, -0.2) is 58.4 Å². The lowest BCUT2D eigenvalue weighted by molar-refractivity contribution is -0.155. The third-order valence-corrected chi connectivity index (χ3v) is 6.18. The molecule has 2 aliphatic rings. The van der Waals surface area contributed by atoms with E-state index in [4.69, 9.17) is 0 Å². The molecule has 1 aliphatic heterocycles. The number of carbonyl (C=O) groups is 2. The second-order valence-corrected chi connectivity index (χ2v) is 8.09. The molecule has 8 heteroatoms. The molecule has 0 saturated carbocycles.